The van der Waals surface area contributed by atoms with E-state index in [2.05, 4.69) is 21.4 Å². The number of ether oxygens (including phenoxy) is 1. The molecule has 1 aromatic rings. The fourth-order valence-electron chi connectivity index (χ4n) is 1.35. The summed E-state index contributed by atoms with van der Waals surface area (Å²) in [5, 5.41) is 12.0. The van der Waals surface area contributed by atoms with Crippen LogP contribution in [0.3, 0.4) is 0 Å². The van der Waals surface area contributed by atoms with Gasteiger partial charge >= 0.3 is 6.03 Å². The van der Waals surface area contributed by atoms with Crippen molar-refractivity contribution in [3.8, 4) is 12.3 Å². The van der Waals surface area contributed by atoms with Crippen molar-refractivity contribution in [2.75, 3.05) is 5.32 Å². The molecule has 0 aromatic carbocycles. The van der Waals surface area contributed by atoms with Gasteiger partial charge in [0.1, 0.15) is 12.4 Å². The number of nitrogens with two attached hydrogens (primary N) is 1. The van der Waals surface area contributed by atoms with Crippen molar-refractivity contribution < 1.29 is 9.53 Å². The van der Waals surface area contributed by atoms with E-state index in [1.165, 1.54) is 12.3 Å². The van der Waals surface area contributed by atoms with Gasteiger partial charge in [-0.2, -0.15) is 5.53 Å². The Balaban J connectivity index is 3.00. The number of carbonyl (C=O) groups is 1. The molecule has 6 N–H and O–H groups in total. The van der Waals surface area contributed by atoms with E-state index in [0.29, 0.717) is 11.1 Å². The third kappa shape index (κ3) is 4.64. The van der Waals surface area contributed by atoms with Crippen LogP contribution >= 0.6 is 0 Å². The number of nitrogens with one attached hydrogen (secondary N) is 4. The lowest BCUT2D eigenvalue weighted by Gasteiger charge is -2.12. The van der Waals surface area contributed by atoms with Crippen molar-refractivity contribution in [3.05, 3.63) is 35.3 Å². The maximum atomic E-state index is 11.4. The zero-order chi connectivity index (χ0) is 15.7. The highest BCUT2D eigenvalue weighted by molar-refractivity contribution is 5.88. The summed E-state index contributed by atoms with van der Waals surface area (Å²) in [5.74, 6) is 2.62. The van der Waals surface area contributed by atoms with Gasteiger partial charge in [-0.1, -0.05) is 11.1 Å². The summed E-state index contributed by atoms with van der Waals surface area (Å²) >= 11 is 0. The number of rotatable bonds is 6. The van der Waals surface area contributed by atoms with Gasteiger partial charge in [0.2, 0.25) is 0 Å². The summed E-state index contributed by atoms with van der Waals surface area (Å²) in [6, 6.07) is 0.837. The molecule has 9 nitrogen and oxygen atoms in total. The molecule has 2 amide bonds. The van der Waals surface area contributed by atoms with Gasteiger partial charge in [0, 0.05) is 29.6 Å². The normalized spacial score (nSPS) is 10.1. The van der Waals surface area contributed by atoms with Crippen LogP contribution in [0.4, 0.5) is 10.6 Å². The van der Waals surface area contributed by atoms with Crippen LogP contribution in [0.15, 0.2) is 29.4 Å². The topological polar surface area (TPSA) is 149 Å². The number of hydrogen-bond donors (Lipinski definition) is 5. The molecule has 1 rings (SSSR count). The maximum absolute atomic E-state index is 11.4. The van der Waals surface area contributed by atoms with E-state index >= 15 is 0 Å². The number of nitrogens with zero attached hydrogens (tertiary/aromatic N) is 2. The second-order valence-corrected chi connectivity index (χ2v) is 3.53. The molecule has 0 unspecified atom stereocenters. The van der Waals surface area contributed by atoms with E-state index in [0.717, 1.165) is 6.21 Å². The van der Waals surface area contributed by atoms with Crippen molar-refractivity contribution >= 4 is 18.1 Å². The van der Waals surface area contributed by atoms with Gasteiger partial charge in [0.25, 0.3) is 0 Å². The summed E-state index contributed by atoms with van der Waals surface area (Å²) < 4.78 is 5.21. The molecule has 0 saturated carbocycles. The second kappa shape index (κ2) is 7.90. The summed E-state index contributed by atoms with van der Waals surface area (Å²) in [5.41, 5.74) is 14.8. The third-order valence-electron chi connectivity index (χ3n) is 2.23. The highest BCUT2D eigenvalue weighted by atomic mass is 16.5. The van der Waals surface area contributed by atoms with Gasteiger partial charge in [-0.25, -0.2) is 15.2 Å². The van der Waals surface area contributed by atoms with E-state index in [9.17, 15) is 4.79 Å². The van der Waals surface area contributed by atoms with Crippen LogP contribution < -0.4 is 16.5 Å². The first-order valence-electron chi connectivity index (χ1n) is 5.59. The molecular weight excluding hydrogens is 274 g/mol. The molecule has 21 heavy (non-hydrogen) atoms. The van der Waals surface area contributed by atoms with E-state index in [-0.39, 0.29) is 18.3 Å². The predicted molar refractivity (Wildman–Crippen MR) is 75.3 cm³/mol. The minimum Gasteiger partial charge on any atom is -0.474 e. The van der Waals surface area contributed by atoms with Gasteiger partial charge in [-0.15, -0.1) is 6.42 Å². The van der Waals surface area contributed by atoms with Crippen LogP contribution in [0, 0.1) is 23.3 Å². The summed E-state index contributed by atoms with van der Waals surface area (Å²) in [4.78, 5) is 15.3. The first-order valence-corrected chi connectivity index (χ1v) is 5.59. The molecule has 0 fully saturated rings. The van der Waals surface area contributed by atoms with Crippen LogP contribution in [-0.4, -0.2) is 17.2 Å². The minimum absolute atomic E-state index is 0.0217. The molecule has 0 atom stereocenters. The van der Waals surface area contributed by atoms with E-state index < -0.39 is 6.03 Å². The van der Waals surface area contributed by atoms with E-state index in [4.69, 9.17) is 27.8 Å². The molecule has 0 radical (unpaired) electrons. The molecule has 0 aliphatic rings. The van der Waals surface area contributed by atoms with Gasteiger partial charge < -0.3 is 15.9 Å². The Morgan fingerprint density at radius 2 is 2.43 bits per heavy atom. The van der Waals surface area contributed by atoms with Crippen molar-refractivity contribution in [1.29, 1.82) is 10.9 Å². The first kappa shape index (κ1) is 15.6. The lowest BCUT2D eigenvalue weighted by molar-refractivity contribution is 0.196. The van der Waals surface area contributed by atoms with Crippen LogP contribution in [0.2, 0.25) is 0 Å². The number of terminal acetylenes is 1. The summed E-state index contributed by atoms with van der Waals surface area (Å²) in [6.45, 7) is -0.0445. The Morgan fingerprint density at radius 1 is 1.67 bits per heavy atom. The van der Waals surface area contributed by atoms with E-state index in [1.54, 1.807) is 6.07 Å². The Morgan fingerprint density at radius 3 is 3.05 bits per heavy atom. The fourth-order valence-corrected chi connectivity index (χ4v) is 1.35. The van der Waals surface area contributed by atoms with Gasteiger partial charge in [-0.05, 0) is 6.07 Å². The van der Waals surface area contributed by atoms with Gasteiger partial charge in [0.05, 0.1) is 0 Å². The van der Waals surface area contributed by atoms with Crippen LogP contribution in [0.5, 0.6) is 0 Å². The number of anilines is 1. The quantitative estimate of drug-likeness (QED) is 0.175. The second-order valence-electron chi connectivity index (χ2n) is 3.53. The molecule has 0 saturated heterocycles. The van der Waals surface area contributed by atoms with Crippen molar-refractivity contribution in [2.24, 2.45) is 11.0 Å². The number of pyridine rings is 1. The molecule has 0 aliphatic carbocycles. The molecular formula is C12H13N7O2. The Kier molecular flexibility index (Phi) is 5.89. The molecule has 1 aromatic heterocycles. The lowest BCUT2D eigenvalue weighted by Crippen LogP contribution is -2.25. The van der Waals surface area contributed by atoms with Crippen molar-refractivity contribution in [1.82, 2.24) is 10.4 Å². The average Bonchev–Trinajstić information content (AvgIpc) is 2.46. The number of allylic oxidation sites excluding steroid dienone is 1. The molecule has 1 heterocycles. The zero-order valence-corrected chi connectivity index (χ0v) is 10.9. The Hall–Kier alpha value is -3.41. The summed E-state index contributed by atoms with van der Waals surface area (Å²) in [7, 11) is 0. The Labute approximate surface area is 120 Å². The first-order chi connectivity index (χ1) is 10.1. The van der Waals surface area contributed by atoms with Gasteiger partial charge in [-0.3, -0.25) is 5.32 Å². The number of aromatic nitrogens is 1. The van der Waals surface area contributed by atoms with Crippen LogP contribution in [0.25, 0.3) is 0 Å². The van der Waals surface area contributed by atoms with Crippen LogP contribution in [0.1, 0.15) is 11.1 Å². The number of carbonyl (C=O) groups excluding carboxylic acids is 1. The molecule has 0 bridgehead atoms. The molecule has 9 heteroatoms. The third-order valence-corrected chi connectivity index (χ3v) is 2.23. The van der Waals surface area contributed by atoms with E-state index in [1.807, 2.05) is 5.43 Å². The predicted octanol–water partition coefficient (Wildman–Crippen LogP) is 1.10. The summed E-state index contributed by atoms with van der Waals surface area (Å²) in [6.07, 6.45) is 9.03. The number of hydrogen-bond acceptors (Lipinski definition) is 7. The number of amides is 2. The minimum atomic E-state index is -0.740. The highest BCUT2D eigenvalue weighted by Gasteiger charge is 2.12. The van der Waals surface area contributed by atoms with Crippen molar-refractivity contribution in [3.63, 3.8) is 0 Å². The molecule has 108 valence electrons. The highest BCUT2D eigenvalue weighted by Crippen LogP contribution is 2.18. The smallest absolute Gasteiger partial charge is 0.342 e. The largest absolute Gasteiger partial charge is 0.474 e. The fraction of sp³-hybridized carbons (Fsp3) is 0.0833. The lowest BCUT2D eigenvalue weighted by atomic mass is 10.1. The average molecular weight is 287 g/mol. The monoisotopic (exact) mass is 287 g/mol. The number of urea groups is 1. The SMILES string of the molecule is C#Cc1ccnc(NC(=O)NN=N)c1COC(N)=CC=N. The van der Waals surface area contributed by atoms with Crippen molar-refractivity contribution in [2.45, 2.75) is 6.61 Å². The maximum Gasteiger partial charge on any atom is 0.342 e. The Bertz CT molecular complexity index is 619. The molecule has 0 aliphatic heterocycles. The molecule has 0 spiro atoms. The zero-order valence-electron chi connectivity index (χ0n) is 10.9. The van der Waals surface area contributed by atoms with Crippen LogP contribution in [-0.2, 0) is 11.3 Å². The van der Waals surface area contributed by atoms with Gasteiger partial charge in [0.15, 0.2) is 5.88 Å². The standard InChI is InChI=1S/C12H13N7O2/c1-2-8-4-6-16-11(17-12(20)18-19-15)9(8)7-21-10(14)3-5-13/h1,3-6,13H,7,14H2,(H3,15,16,17,18,20).